The number of carbonyl (C=O) groups excluding carboxylic acids is 2. The molecule has 2 heterocycles. The number of carbonyl (C=O) groups is 2. The first-order valence-electron chi connectivity index (χ1n) is 14.1. The number of nitrogens with zero attached hydrogens (tertiary/aromatic N) is 2. The van der Waals surface area contributed by atoms with Crippen LogP contribution in [0.4, 0.5) is 21.9 Å². The molecule has 2 amide bonds. The first kappa shape index (κ1) is 29.1. The van der Waals surface area contributed by atoms with Gasteiger partial charge >= 0.3 is 6.09 Å². The van der Waals surface area contributed by atoms with Crippen LogP contribution in [0, 0.1) is 0 Å². The number of para-hydroxylation sites is 1. The number of phenols is 1. The van der Waals surface area contributed by atoms with Crippen LogP contribution in [0.2, 0.25) is 0 Å². The lowest BCUT2D eigenvalue weighted by Gasteiger charge is -2.36. The summed E-state index contributed by atoms with van der Waals surface area (Å²) in [5.41, 5.74) is -0.724. The molecule has 3 aromatic carbocycles. The van der Waals surface area contributed by atoms with E-state index in [2.05, 4.69) is 10.6 Å². The third-order valence-electron chi connectivity index (χ3n) is 7.58. The van der Waals surface area contributed by atoms with Gasteiger partial charge in [-0.3, -0.25) is 14.4 Å². The Hall–Kier alpha value is -4.38. The summed E-state index contributed by atoms with van der Waals surface area (Å²) in [6.07, 6.45) is -0.186. The molecule has 5 rings (SSSR count). The van der Waals surface area contributed by atoms with Crippen LogP contribution < -0.4 is 21.5 Å². The molecule has 0 spiro atoms. The Balaban J connectivity index is 1.34. The zero-order valence-electron chi connectivity index (χ0n) is 24.2. The van der Waals surface area contributed by atoms with Gasteiger partial charge in [-0.1, -0.05) is 43.3 Å². The molecule has 2 aliphatic rings. The van der Waals surface area contributed by atoms with E-state index in [9.17, 15) is 24.3 Å². The third-order valence-corrected chi connectivity index (χ3v) is 7.58. The van der Waals surface area contributed by atoms with Crippen molar-refractivity contribution in [1.82, 2.24) is 9.80 Å². The molecule has 0 bridgehead atoms. The average Bonchev–Trinajstić information content (AvgIpc) is 3.42. The van der Waals surface area contributed by atoms with Gasteiger partial charge in [0.1, 0.15) is 17.0 Å². The quantitative estimate of drug-likeness (QED) is 0.284. The molecule has 3 aromatic rings. The van der Waals surface area contributed by atoms with Gasteiger partial charge in [0.15, 0.2) is 5.75 Å². The van der Waals surface area contributed by atoms with Crippen LogP contribution in [0.1, 0.15) is 56.1 Å². The predicted molar refractivity (Wildman–Crippen MR) is 158 cm³/mol. The van der Waals surface area contributed by atoms with E-state index in [4.69, 9.17) is 9.47 Å². The number of nitrogens with one attached hydrogen (secondary N) is 2. The SMILES string of the molecule is CCC(Nc1c(Nc2cccc(C(=O)N3CCOC4CN(C(=O)OC(C)(C)C)CC43)c2O)c(=O)c1=O)c1ccccc1. The minimum atomic E-state index is -0.708. The first-order valence-corrected chi connectivity index (χ1v) is 14.1. The molecule has 3 unspecified atom stereocenters. The van der Waals surface area contributed by atoms with Gasteiger partial charge in [0.2, 0.25) is 0 Å². The molecule has 0 saturated carbocycles. The van der Waals surface area contributed by atoms with Crippen molar-refractivity contribution in [2.45, 2.75) is 57.9 Å². The fourth-order valence-electron chi connectivity index (χ4n) is 5.45. The van der Waals surface area contributed by atoms with Gasteiger partial charge in [0.05, 0.1) is 42.6 Å². The van der Waals surface area contributed by atoms with Crippen LogP contribution >= 0.6 is 0 Å². The van der Waals surface area contributed by atoms with E-state index in [1.165, 1.54) is 17.0 Å². The van der Waals surface area contributed by atoms with Gasteiger partial charge < -0.3 is 35.0 Å². The number of likely N-dealkylation sites (tertiary alicyclic amines) is 1. The fourth-order valence-corrected chi connectivity index (χ4v) is 5.45. The maximum atomic E-state index is 13.7. The lowest BCUT2D eigenvalue weighted by Crippen LogP contribution is -2.53. The second kappa shape index (κ2) is 11.5. The number of morpholine rings is 1. The van der Waals surface area contributed by atoms with Crippen molar-refractivity contribution in [2.24, 2.45) is 0 Å². The molecule has 3 atom stereocenters. The van der Waals surface area contributed by atoms with E-state index >= 15 is 0 Å². The van der Waals surface area contributed by atoms with Crippen LogP contribution in [-0.2, 0) is 9.47 Å². The minimum absolute atomic E-state index is 0.0281. The van der Waals surface area contributed by atoms with Gasteiger partial charge in [0.25, 0.3) is 16.8 Å². The number of aromatic hydroxyl groups is 1. The van der Waals surface area contributed by atoms with Crippen LogP contribution in [-0.4, -0.2) is 70.9 Å². The number of hydrogen-bond donors (Lipinski definition) is 3. The smallest absolute Gasteiger partial charge is 0.410 e. The Morgan fingerprint density at radius 3 is 2.45 bits per heavy atom. The van der Waals surface area contributed by atoms with Gasteiger partial charge in [0, 0.05) is 13.1 Å². The van der Waals surface area contributed by atoms with Crippen molar-refractivity contribution >= 4 is 29.1 Å². The number of anilines is 3. The molecule has 2 fully saturated rings. The van der Waals surface area contributed by atoms with Crippen LogP contribution in [0.5, 0.6) is 5.75 Å². The third kappa shape index (κ3) is 5.69. The highest BCUT2D eigenvalue weighted by atomic mass is 16.6. The summed E-state index contributed by atoms with van der Waals surface area (Å²) < 4.78 is 11.4. The number of phenolic OH excluding ortho intramolecular Hbond substituents is 1. The maximum Gasteiger partial charge on any atom is 0.410 e. The van der Waals surface area contributed by atoms with E-state index in [0.717, 1.165) is 5.56 Å². The number of hydrogen-bond acceptors (Lipinski definition) is 9. The fraction of sp³-hybridized carbons (Fsp3) is 0.419. The summed E-state index contributed by atoms with van der Waals surface area (Å²) in [6.45, 7) is 8.43. The second-order valence-corrected chi connectivity index (χ2v) is 11.6. The lowest BCUT2D eigenvalue weighted by molar-refractivity contribution is -0.0373. The first-order chi connectivity index (χ1) is 20.0. The lowest BCUT2D eigenvalue weighted by atomic mass is 10.0. The summed E-state index contributed by atoms with van der Waals surface area (Å²) in [7, 11) is 0. The summed E-state index contributed by atoms with van der Waals surface area (Å²) in [5.74, 6) is -0.777. The zero-order chi connectivity index (χ0) is 30.2. The normalized spacial score (nSPS) is 19.3. The van der Waals surface area contributed by atoms with Crippen molar-refractivity contribution in [3.63, 3.8) is 0 Å². The zero-order valence-corrected chi connectivity index (χ0v) is 24.2. The van der Waals surface area contributed by atoms with E-state index < -0.39 is 34.5 Å². The minimum Gasteiger partial charge on any atom is -0.505 e. The molecule has 0 aliphatic carbocycles. The number of rotatable bonds is 7. The van der Waals surface area contributed by atoms with Crippen molar-refractivity contribution in [3.05, 3.63) is 80.1 Å². The highest BCUT2D eigenvalue weighted by molar-refractivity contribution is 5.99. The molecule has 0 radical (unpaired) electrons. The summed E-state index contributed by atoms with van der Waals surface area (Å²) in [5, 5.41) is 17.2. The van der Waals surface area contributed by atoms with Crippen molar-refractivity contribution in [2.75, 3.05) is 36.9 Å². The van der Waals surface area contributed by atoms with Crippen molar-refractivity contribution < 1.29 is 24.2 Å². The van der Waals surface area contributed by atoms with E-state index in [-0.39, 0.29) is 60.2 Å². The maximum absolute atomic E-state index is 13.7. The Kier molecular flexibility index (Phi) is 7.96. The van der Waals surface area contributed by atoms with Crippen molar-refractivity contribution in [1.29, 1.82) is 0 Å². The average molecular weight is 577 g/mol. The summed E-state index contributed by atoms with van der Waals surface area (Å²) >= 11 is 0. The molecule has 2 saturated heterocycles. The Bertz CT molecular complexity index is 1540. The van der Waals surface area contributed by atoms with Crippen molar-refractivity contribution in [3.8, 4) is 5.75 Å². The number of benzene rings is 2. The number of amides is 2. The van der Waals surface area contributed by atoms with Gasteiger partial charge in [-0.05, 0) is 44.9 Å². The highest BCUT2D eigenvalue weighted by Gasteiger charge is 2.45. The predicted octanol–water partition coefficient (Wildman–Crippen LogP) is 3.76. The molecule has 42 heavy (non-hydrogen) atoms. The van der Waals surface area contributed by atoms with E-state index in [1.54, 1.807) is 31.7 Å². The molecule has 11 heteroatoms. The second-order valence-electron chi connectivity index (χ2n) is 11.6. The van der Waals surface area contributed by atoms with Gasteiger partial charge in [-0.2, -0.15) is 0 Å². The molecule has 3 N–H and O–H groups in total. The van der Waals surface area contributed by atoms with E-state index in [0.29, 0.717) is 13.0 Å². The Labute approximate surface area is 243 Å². The number of fused-ring (bicyclic) bond motifs is 1. The highest BCUT2D eigenvalue weighted by Crippen LogP contribution is 2.35. The van der Waals surface area contributed by atoms with Gasteiger partial charge in [-0.15, -0.1) is 0 Å². The molecule has 11 nitrogen and oxygen atoms in total. The van der Waals surface area contributed by atoms with E-state index in [1.807, 2.05) is 37.3 Å². The largest absolute Gasteiger partial charge is 0.505 e. The Morgan fingerprint density at radius 1 is 1.05 bits per heavy atom. The molecule has 0 aromatic heterocycles. The van der Waals surface area contributed by atoms with Crippen LogP contribution in [0.3, 0.4) is 0 Å². The number of ether oxygens (including phenoxy) is 2. The Morgan fingerprint density at radius 2 is 1.76 bits per heavy atom. The molecule has 222 valence electrons. The van der Waals surface area contributed by atoms with Crippen LogP contribution in [0.25, 0.3) is 0 Å². The topological polar surface area (TPSA) is 138 Å². The molecular weight excluding hydrogens is 540 g/mol. The molecular formula is C31H36N4O7. The van der Waals surface area contributed by atoms with Crippen LogP contribution in [0.15, 0.2) is 58.1 Å². The summed E-state index contributed by atoms with van der Waals surface area (Å²) in [4.78, 5) is 54.5. The van der Waals surface area contributed by atoms with Gasteiger partial charge in [-0.25, -0.2) is 4.79 Å². The standard InChI is InChI=1S/C31H36N4O7/c1-5-20(18-10-7-6-8-11-18)32-24-25(28(38)27(24)37)33-21-13-9-12-19(26(21)36)29(39)35-14-15-41-23-17-34(16-22(23)35)30(40)42-31(2,3)4/h6-13,20,22-23,32-33,36H,5,14-17H2,1-4H3. The molecule has 2 aliphatic heterocycles. The monoisotopic (exact) mass is 576 g/mol. The summed E-state index contributed by atoms with van der Waals surface area (Å²) in [6, 6.07) is 13.6.